The first kappa shape index (κ1) is 13.1. The number of hydrogen-bond donors (Lipinski definition) is 3. The number of benzene rings is 1. The van der Waals surface area contributed by atoms with E-state index in [2.05, 4.69) is 10.6 Å². The molecule has 4 nitrogen and oxygen atoms in total. The zero-order chi connectivity index (χ0) is 13.1. The van der Waals surface area contributed by atoms with Crippen molar-refractivity contribution < 1.29 is 9.90 Å². The van der Waals surface area contributed by atoms with Gasteiger partial charge in [-0.1, -0.05) is 29.8 Å². The summed E-state index contributed by atoms with van der Waals surface area (Å²) in [6.07, 6.45) is 0.0855. The molecule has 0 spiro atoms. The highest BCUT2D eigenvalue weighted by Crippen LogP contribution is 2.14. The molecule has 0 radical (unpaired) electrons. The van der Waals surface area contributed by atoms with Crippen molar-refractivity contribution in [2.45, 2.75) is 38.5 Å². The first-order valence-electron chi connectivity index (χ1n) is 6.34. The van der Waals surface area contributed by atoms with Crippen molar-refractivity contribution in [1.82, 2.24) is 10.6 Å². The molecule has 1 amide bonds. The zero-order valence-corrected chi connectivity index (χ0v) is 10.8. The van der Waals surface area contributed by atoms with Crippen molar-refractivity contribution >= 4 is 5.91 Å². The maximum atomic E-state index is 12.0. The lowest BCUT2D eigenvalue weighted by Gasteiger charge is -2.17. The Balaban J connectivity index is 1.92. The second kappa shape index (κ2) is 5.50. The van der Waals surface area contributed by atoms with Crippen molar-refractivity contribution in [1.29, 1.82) is 0 Å². The van der Waals surface area contributed by atoms with E-state index in [1.165, 1.54) is 5.56 Å². The van der Waals surface area contributed by atoms with Crippen LogP contribution in [0, 0.1) is 6.92 Å². The van der Waals surface area contributed by atoms with Crippen LogP contribution in [0.25, 0.3) is 0 Å². The summed E-state index contributed by atoms with van der Waals surface area (Å²) in [5.74, 6) is -0.0420. The number of carbonyl (C=O) groups is 1. The first-order chi connectivity index (χ1) is 8.56. The largest absolute Gasteiger partial charge is 0.392 e. The van der Waals surface area contributed by atoms with Gasteiger partial charge in [0.05, 0.1) is 18.2 Å². The Morgan fingerprint density at radius 1 is 1.44 bits per heavy atom. The van der Waals surface area contributed by atoms with Gasteiger partial charge in [-0.25, -0.2) is 0 Å². The molecule has 2 unspecified atom stereocenters. The van der Waals surface area contributed by atoms with Crippen LogP contribution in [0.15, 0.2) is 24.3 Å². The summed E-state index contributed by atoms with van der Waals surface area (Å²) in [4.78, 5) is 12.0. The van der Waals surface area contributed by atoms with E-state index in [9.17, 15) is 9.90 Å². The number of aryl methyl sites for hydroxylation is 1. The Bertz CT molecular complexity index is 416. The van der Waals surface area contributed by atoms with Crippen LogP contribution in [0.5, 0.6) is 0 Å². The van der Waals surface area contributed by atoms with E-state index in [1.54, 1.807) is 0 Å². The Kier molecular flexibility index (Phi) is 3.99. The van der Waals surface area contributed by atoms with E-state index < -0.39 is 6.10 Å². The molecule has 1 aromatic carbocycles. The summed E-state index contributed by atoms with van der Waals surface area (Å²) in [6, 6.07) is 7.84. The summed E-state index contributed by atoms with van der Waals surface area (Å²) in [5.41, 5.74) is 2.30. The SMILES string of the molecule is Cc1ccc([C@@H](C)NC(=O)C2CC(O)CN2)cc1. The molecule has 1 aromatic rings. The molecule has 1 fully saturated rings. The van der Waals surface area contributed by atoms with E-state index >= 15 is 0 Å². The summed E-state index contributed by atoms with van der Waals surface area (Å²) >= 11 is 0. The van der Waals surface area contributed by atoms with E-state index in [1.807, 2.05) is 38.1 Å². The molecule has 98 valence electrons. The predicted molar refractivity (Wildman–Crippen MR) is 70.2 cm³/mol. The number of nitrogens with one attached hydrogen (secondary N) is 2. The van der Waals surface area contributed by atoms with Crippen LogP contribution in [0.3, 0.4) is 0 Å². The Labute approximate surface area is 107 Å². The number of aliphatic hydroxyl groups is 1. The van der Waals surface area contributed by atoms with Crippen molar-refractivity contribution in [3.63, 3.8) is 0 Å². The van der Waals surface area contributed by atoms with Gasteiger partial charge in [-0.2, -0.15) is 0 Å². The van der Waals surface area contributed by atoms with E-state index in [-0.39, 0.29) is 18.0 Å². The molecular weight excluding hydrogens is 228 g/mol. The van der Waals surface area contributed by atoms with Gasteiger partial charge in [0.2, 0.25) is 5.91 Å². The van der Waals surface area contributed by atoms with Gasteiger partial charge in [0, 0.05) is 6.54 Å². The summed E-state index contributed by atoms with van der Waals surface area (Å²) < 4.78 is 0. The number of aliphatic hydroxyl groups excluding tert-OH is 1. The van der Waals surface area contributed by atoms with Gasteiger partial charge >= 0.3 is 0 Å². The van der Waals surface area contributed by atoms with Crippen LogP contribution < -0.4 is 10.6 Å². The summed E-state index contributed by atoms with van der Waals surface area (Å²) in [5, 5.41) is 15.4. The molecule has 1 aliphatic rings. The predicted octanol–water partition coefficient (Wildman–Crippen LogP) is 0.895. The first-order valence-corrected chi connectivity index (χ1v) is 6.34. The second-order valence-corrected chi connectivity index (χ2v) is 4.99. The molecule has 1 heterocycles. The minimum Gasteiger partial charge on any atom is -0.392 e. The summed E-state index contributed by atoms with van der Waals surface area (Å²) in [6.45, 7) is 4.50. The fourth-order valence-corrected chi connectivity index (χ4v) is 2.17. The molecule has 18 heavy (non-hydrogen) atoms. The van der Waals surface area contributed by atoms with Crippen LogP contribution in [0.1, 0.15) is 30.5 Å². The molecule has 0 aromatic heterocycles. The average molecular weight is 248 g/mol. The smallest absolute Gasteiger partial charge is 0.237 e. The minimum atomic E-state index is -0.407. The number of β-amino-alcohol motifs (C(OH)–C–C–N with tert-alkyl or cyclic N) is 1. The summed E-state index contributed by atoms with van der Waals surface area (Å²) in [7, 11) is 0. The molecular formula is C14H20N2O2. The normalized spacial score (nSPS) is 24.8. The standard InChI is InChI=1S/C14H20N2O2/c1-9-3-5-11(6-4-9)10(2)16-14(18)13-7-12(17)8-15-13/h3-6,10,12-13,15,17H,7-8H2,1-2H3,(H,16,18)/t10-,12?,13?/m1/s1. The van der Waals surface area contributed by atoms with Crippen molar-refractivity contribution in [3.8, 4) is 0 Å². The van der Waals surface area contributed by atoms with Crippen molar-refractivity contribution in [2.24, 2.45) is 0 Å². The topological polar surface area (TPSA) is 61.4 Å². The lowest BCUT2D eigenvalue weighted by atomic mass is 10.1. The number of hydrogen-bond acceptors (Lipinski definition) is 3. The molecule has 1 aliphatic heterocycles. The third-order valence-corrected chi connectivity index (χ3v) is 3.36. The maximum Gasteiger partial charge on any atom is 0.237 e. The third-order valence-electron chi connectivity index (χ3n) is 3.36. The second-order valence-electron chi connectivity index (χ2n) is 4.99. The zero-order valence-electron chi connectivity index (χ0n) is 10.8. The van der Waals surface area contributed by atoms with Crippen molar-refractivity contribution in [3.05, 3.63) is 35.4 Å². The number of carbonyl (C=O) groups excluding carboxylic acids is 1. The van der Waals surface area contributed by atoms with Gasteiger partial charge in [-0.15, -0.1) is 0 Å². The van der Waals surface area contributed by atoms with E-state index in [0.717, 1.165) is 5.56 Å². The number of rotatable bonds is 3. The Morgan fingerprint density at radius 2 is 2.11 bits per heavy atom. The van der Waals surface area contributed by atoms with E-state index in [4.69, 9.17) is 0 Å². The fraction of sp³-hybridized carbons (Fsp3) is 0.500. The van der Waals surface area contributed by atoms with Gasteiger partial charge in [0.25, 0.3) is 0 Å². The quantitative estimate of drug-likeness (QED) is 0.744. The fourth-order valence-electron chi connectivity index (χ4n) is 2.17. The van der Waals surface area contributed by atoms with Gasteiger partial charge in [0.15, 0.2) is 0 Å². The van der Waals surface area contributed by atoms with Crippen LogP contribution in [0.4, 0.5) is 0 Å². The van der Waals surface area contributed by atoms with Gasteiger partial charge in [-0.05, 0) is 25.8 Å². The van der Waals surface area contributed by atoms with Crippen LogP contribution in [-0.2, 0) is 4.79 Å². The molecule has 0 bridgehead atoms. The van der Waals surface area contributed by atoms with Gasteiger partial charge in [0.1, 0.15) is 0 Å². The highest BCUT2D eigenvalue weighted by molar-refractivity contribution is 5.82. The highest BCUT2D eigenvalue weighted by atomic mass is 16.3. The van der Waals surface area contributed by atoms with Crippen LogP contribution in [-0.4, -0.2) is 29.7 Å². The molecule has 0 saturated carbocycles. The highest BCUT2D eigenvalue weighted by Gasteiger charge is 2.28. The van der Waals surface area contributed by atoms with Gasteiger partial charge in [-0.3, -0.25) is 4.79 Å². The molecule has 3 N–H and O–H groups in total. The average Bonchev–Trinajstić information content (AvgIpc) is 2.76. The monoisotopic (exact) mass is 248 g/mol. The van der Waals surface area contributed by atoms with Gasteiger partial charge < -0.3 is 15.7 Å². The van der Waals surface area contributed by atoms with Crippen LogP contribution >= 0.6 is 0 Å². The molecule has 2 rings (SSSR count). The number of amides is 1. The molecule has 0 aliphatic carbocycles. The van der Waals surface area contributed by atoms with Crippen LogP contribution in [0.2, 0.25) is 0 Å². The van der Waals surface area contributed by atoms with Crippen molar-refractivity contribution in [2.75, 3.05) is 6.54 Å². The molecule has 1 saturated heterocycles. The lowest BCUT2D eigenvalue weighted by Crippen LogP contribution is -2.41. The molecule has 3 atom stereocenters. The van der Waals surface area contributed by atoms with E-state index in [0.29, 0.717) is 13.0 Å². The lowest BCUT2D eigenvalue weighted by molar-refractivity contribution is -0.123. The minimum absolute atomic E-state index is 0.0161. The third kappa shape index (κ3) is 3.09. The maximum absolute atomic E-state index is 12.0. The molecule has 4 heteroatoms. The Morgan fingerprint density at radius 3 is 2.67 bits per heavy atom. The Hall–Kier alpha value is -1.39.